The van der Waals surface area contributed by atoms with E-state index in [4.69, 9.17) is 0 Å². The Labute approximate surface area is 159 Å². The average Bonchev–Trinajstić information content (AvgIpc) is 2.97. The summed E-state index contributed by atoms with van der Waals surface area (Å²) in [5, 5.41) is 0. The lowest BCUT2D eigenvalue weighted by Gasteiger charge is -2.44. The van der Waals surface area contributed by atoms with E-state index < -0.39 is 0 Å². The van der Waals surface area contributed by atoms with Gasteiger partial charge in [0.2, 0.25) is 5.91 Å². The molecule has 2 aliphatic rings. The van der Waals surface area contributed by atoms with Crippen LogP contribution in [0, 0.1) is 11.2 Å². The van der Waals surface area contributed by atoms with Crippen molar-refractivity contribution in [3.8, 4) is 0 Å². The molecule has 2 amide bonds. The highest BCUT2D eigenvalue weighted by molar-refractivity contribution is 8.00. The average molecular weight is 379 g/mol. The van der Waals surface area contributed by atoms with Gasteiger partial charge in [-0.3, -0.25) is 9.59 Å². The maximum absolute atomic E-state index is 13.1. The minimum Gasteiger partial charge on any atom is -0.342 e. The number of likely N-dealkylation sites (tertiary alicyclic amines) is 1. The Morgan fingerprint density at radius 2 is 1.73 bits per heavy atom. The van der Waals surface area contributed by atoms with Crippen molar-refractivity contribution in [3.63, 3.8) is 0 Å². The molecule has 2 heterocycles. The standard InChI is InChI=1S/C20H27FN2O2S/c1-19(2,3)14-17(24)22-10-8-20(9-11-22)23(12-13-26-20)18(25)15-4-6-16(21)7-5-15/h4-7H,8-14H2,1-3H3. The molecule has 6 heteroatoms. The molecule has 0 aliphatic carbocycles. The summed E-state index contributed by atoms with van der Waals surface area (Å²) in [7, 11) is 0. The molecule has 1 spiro atoms. The van der Waals surface area contributed by atoms with E-state index in [0.29, 0.717) is 31.6 Å². The minimum absolute atomic E-state index is 0.0150. The van der Waals surface area contributed by atoms with E-state index >= 15 is 0 Å². The predicted octanol–water partition coefficient (Wildman–Crippen LogP) is 3.77. The second-order valence-electron chi connectivity index (χ2n) is 8.38. The number of benzene rings is 1. The van der Waals surface area contributed by atoms with Gasteiger partial charge in [0, 0.05) is 37.4 Å². The van der Waals surface area contributed by atoms with Crippen molar-refractivity contribution >= 4 is 23.6 Å². The number of piperidine rings is 1. The van der Waals surface area contributed by atoms with Crippen LogP contribution in [-0.4, -0.2) is 51.9 Å². The highest BCUT2D eigenvalue weighted by atomic mass is 32.2. The van der Waals surface area contributed by atoms with Gasteiger partial charge in [-0.1, -0.05) is 20.8 Å². The molecular weight excluding hydrogens is 351 g/mol. The number of hydrogen-bond donors (Lipinski definition) is 0. The molecule has 0 saturated carbocycles. The van der Waals surface area contributed by atoms with Crippen LogP contribution in [-0.2, 0) is 4.79 Å². The number of carbonyl (C=O) groups is 2. The Balaban J connectivity index is 1.68. The highest BCUT2D eigenvalue weighted by Crippen LogP contribution is 2.44. The molecule has 0 N–H and O–H groups in total. The summed E-state index contributed by atoms with van der Waals surface area (Å²) in [6, 6.07) is 5.76. The molecule has 0 unspecified atom stereocenters. The molecule has 4 nitrogen and oxygen atoms in total. The third kappa shape index (κ3) is 4.05. The summed E-state index contributed by atoms with van der Waals surface area (Å²) in [4.78, 5) is 29.1. The minimum atomic E-state index is -0.335. The van der Waals surface area contributed by atoms with Gasteiger partial charge in [-0.25, -0.2) is 4.39 Å². The largest absolute Gasteiger partial charge is 0.342 e. The van der Waals surface area contributed by atoms with E-state index in [0.717, 1.165) is 18.6 Å². The summed E-state index contributed by atoms with van der Waals surface area (Å²) < 4.78 is 13.1. The lowest BCUT2D eigenvalue weighted by molar-refractivity contribution is -0.134. The van der Waals surface area contributed by atoms with Gasteiger partial charge in [-0.2, -0.15) is 0 Å². The third-order valence-corrected chi connectivity index (χ3v) is 6.65. The van der Waals surface area contributed by atoms with E-state index in [1.165, 1.54) is 12.1 Å². The molecule has 2 saturated heterocycles. The zero-order valence-corrected chi connectivity index (χ0v) is 16.6. The number of nitrogens with zero attached hydrogens (tertiary/aromatic N) is 2. The molecular formula is C20H27FN2O2S. The highest BCUT2D eigenvalue weighted by Gasteiger charge is 2.47. The normalized spacial score (nSPS) is 19.8. The molecule has 0 radical (unpaired) electrons. The van der Waals surface area contributed by atoms with E-state index in [-0.39, 0.29) is 27.9 Å². The summed E-state index contributed by atoms with van der Waals surface area (Å²) in [6.07, 6.45) is 2.13. The van der Waals surface area contributed by atoms with Crippen LogP contribution < -0.4 is 0 Å². The van der Waals surface area contributed by atoms with Crippen LogP contribution in [0.15, 0.2) is 24.3 Å². The number of amides is 2. The van der Waals surface area contributed by atoms with Crippen LogP contribution >= 0.6 is 11.8 Å². The number of thioether (sulfide) groups is 1. The molecule has 1 aromatic rings. The lowest BCUT2D eigenvalue weighted by atomic mass is 9.91. The molecule has 1 aromatic carbocycles. The predicted molar refractivity (Wildman–Crippen MR) is 103 cm³/mol. The van der Waals surface area contributed by atoms with Crippen LogP contribution in [0.2, 0.25) is 0 Å². The zero-order valence-electron chi connectivity index (χ0n) is 15.8. The molecule has 3 rings (SSSR count). The molecule has 142 valence electrons. The quantitative estimate of drug-likeness (QED) is 0.787. The Morgan fingerprint density at radius 1 is 1.12 bits per heavy atom. The van der Waals surface area contributed by atoms with Crippen molar-refractivity contribution in [2.45, 2.75) is 44.9 Å². The van der Waals surface area contributed by atoms with Crippen LogP contribution in [0.5, 0.6) is 0 Å². The topological polar surface area (TPSA) is 40.6 Å². The van der Waals surface area contributed by atoms with Gasteiger partial charge in [0.05, 0.1) is 4.87 Å². The maximum Gasteiger partial charge on any atom is 0.254 e. The van der Waals surface area contributed by atoms with Crippen molar-refractivity contribution in [2.24, 2.45) is 5.41 Å². The molecule has 2 fully saturated rings. The van der Waals surface area contributed by atoms with Gasteiger partial charge in [0.15, 0.2) is 0 Å². The van der Waals surface area contributed by atoms with Crippen molar-refractivity contribution in [3.05, 3.63) is 35.6 Å². The van der Waals surface area contributed by atoms with E-state index in [1.807, 2.05) is 21.6 Å². The second kappa shape index (κ2) is 7.22. The SMILES string of the molecule is CC(C)(C)CC(=O)N1CCC2(CC1)SCCN2C(=O)c1ccc(F)cc1. The molecule has 2 aliphatic heterocycles. The van der Waals surface area contributed by atoms with Crippen LogP contribution in [0.1, 0.15) is 50.4 Å². The summed E-state index contributed by atoms with van der Waals surface area (Å²) in [5.41, 5.74) is 0.512. The number of rotatable bonds is 2. The van der Waals surface area contributed by atoms with E-state index in [1.54, 1.807) is 12.1 Å². The van der Waals surface area contributed by atoms with Crippen LogP contribution in [0.4, 0.5) is 4.39 Å². The van der Waals surface area contributed by atoms with Crippen molar-refractivity contribution in [1.29, 1.82) is 0 Å². The van der Waals surface area contributed by atoms with Gasteiger partial charge in [-0.05, 0) is 42.5 Å². The number of hydrogen-bond acceptors (Lipinski definition) is 3. The van der Waals surface area contributed by atoms with E-state index in [9.17, 15) is 14.0 Å². The van der Waals surface area contributed by atoms with Crippen LogP contribution in [0.3, 0.4) is 0 Å². The molecule has 0 bridgehead atoms. The first-order valence-electron chi connectivity index (χ1n) is 9.20. The number of halogens is 1. The molecule has 0 aromatic heterocycles. The first kappa shape index (κ1) is 19.2. The fraction of sp³-hybridized carbons (Fsp3) is 0.600. The molecule has 0 atom stereocenters. The first-order chi connectivity index (χ1) is 12.2. The number of carbonyl (C=O) groups excluding carboxylic acids is 2. The fourth-order valence-corrected chi connectivity index (χ4v) is 5.18. The Kier molecular flexibility index (Phi) is 5.33. The monoisotopic (exact) mass is 378 g/mol. The van der Waals surface area contributed by atoms with Gasteiger partial charge >= 0.3 is 0 Å². The third-order valence-electron chi connectivity index (χ3n) is 5.09. The van der Waals surface area contributed by atoms with E-state index in [2.05, 4.69) is 20.8 Å². The zero-order chi connectivity index (χ0) is 18.9. The Bertz CT molecular complexity index is 676. The van der Waals surface area contributed by atoms with Gasteiger partial charge in [-0.15, -0.1) is 11.8 Å². The smallest absolute Gasteiger partial charge is 0.254 e. The van der Waals surface area contributed by atoms with Crippen molar-refractivity contribution in [2.75, 3.05) is 25.4 Å². The lowest BCUT2D eigenvalue weighted by Crippen LogP contribution is -2.53. The van der Waals surface area contributed by atoms with Crippen molar-refractivity contribution < 1.29 is 14.0 Å². The summed E-state index contributed by atoms with van der Waals surface area (Å²) in [5.74, 6) is 0.733. The fourth-order valence-electron chi connectivity index (χ4n) is 3.73. The van der Waals surface area contributed by atoms with Gasteiger partial charge < -0.3 is 9.80 Å². The maximum atomic E-state index is 13.1. The summed E-state index contributed by atoms with van der Waals surface area (Å²) >= 11 is 1.82. The van der Waals surface area contributed by atoms with Crippen LogP contribution in [0.25, 0.3) is 0 Å². The van der Waals surface area contributed by atoms with Gasteiger partial charge in [0.25, 0.3) is 5.91 Å². The Hall–Kier alpha value is -1.56. The van der Waals surface area contributed by atoms with Gasteiger partial charge in [0.1, 0.15) is 5.82 Å². The Morgan fingerprint density at radius 3 is 2.31 bits per heavy atom. The summed E-state index contributed by atoms with van der Waals surface area (Å²) in [6.45, 7) is 8.31. The van der Waals surface area contributed by atoms with Crippen molar-refractivity contribution in [1.82, 2.24) is 9.80 Å². The second-order valence-corrected chi connectivity index (χ2v) is 9.83. The molecule has 26 heavy (non-hydrogen) atoms. The first-order valence-corrected chi connectivity index (χ1v) is 10.2.